The number of carbonyl (C=O) groups is 2. The lowest BCUT2D eigenvalue weighted by molar-refractivity contribution is -0.142. The number of carbonyl (C=O) groups excluding carboxylic acids is 1. The van der Waals surface area contributed by atoms with Crippen LogP contribution in [0.25, 0.3) is 0 Å². The normalized spacial score (nSPS) is 16.6. The van der Waals surface area contributed by atoms with Gasteiger partial charge in [0.15, 0.2) is 0 Å². The van der Waals surface area contributed by atoms with E-state index in [1.54, 1.807) is 0 Å². The minimum Gasteiger partial charge on any atom is -0.480 e. The Balaban J connectivity index is 2.15. The number of carboxylic acids is 1. The Hall–Kier alpha value is -1.10. The highest BCUT2D eigenvalue weighted by molar-refractivity contribution is 5.83. The van der Waals surface area contributed by atoms with E-state index in [4.69, 9.17) is 9.84 Å². The molecule has 0 aromatic heterocycles. The zero-order chi connectivity index (χ0) is 13.5. The van der Waals surface area contributed by atoms with E-state index in [1.807, 2.05) is 13.8 Å². The zero-order valence-corrected chi connectivity index (χ0v) is 11.1. The van der Waals surface area contributed by atoms with Gasteiger partial charge < -0.3 is 15.2 Å². The van der Waals surface area contributed by atoms with Gasteiger partial charge in [0.05, 0.1) is 6.61 Å². The van der Waals surface area contributed by atoms with Crippen molar-refractivity contribution in [3.63, 3.8) is 0 Å². The molecule has 1 aliphatic rings. The molecule has 0 unspecified atom stereocenters. The lowest BCUT2D eigenvalue weighted by Crippen LogP contribution is -2.41. The summed E-state index contributed by atoms with van der Waals surface area (Å²) >= 11 is 0. The summed E-state index contributed by atoms with van der Waals surface area (Å²) in [5.74, 6) is -0.312. The highest BCUT2D eigenvalue weighted by atomic mass is 16.5. The molecule has 18 heavy (non-hydrogen) atoms. The molecule has 0 aromatic carbocycles. The molecule has 5 nitrogen and oxygen atoms in total. The maximum absolute atomic E-state index is 11.5. The van der Waals surface area contributed by atoms with Crippen LogP contribution in [0.2, 0.25) is 0 Å². The van der Waals surface area contributed by atoms with Crippen molar-refractivity contribution in [1.29, 1.82) is 0 Å². The standard InChI is InChI=1S/C13H23NO4/c1-9(2)7-11(13(16)17)14-12(15)5-6-18-8-10-3-4-10/h9-11H,3-8H2,1-2H3,(H,14,15)(H,16,17)/t11-/m1/s1. The number of hydrogen-bond acceptors (Lipinski definition) is 3. The van der Waals surface area contributed by atoms with Crippen LogP contribution in [0.1, 0.15) is 39.5 Å². The minimum absolute atomic E-state index is 0.231. The van der Waals surface area contributed by atoms with E-state index in [0.29, 0.717) is 18.9 Å². The summed E-state index contributed by atoms with van der Waals surface area (Å²) in [5.41, 5.74) is 0. The predicted octanol–water partition coefficient (Wildman–Crippen LogP) is 1.42. The van der Waals surface area contributed by atoms with Crippen LogP contribution in [0.5, 0.6) is 0 Å². The molecule has 1 amide bonds. The monoisotopic (exact) mass is 257 g/mol. The summed E-state index contributed by atoms with van der Waals surface area (Å²) in [7, 11) is 0. The van der Waals surface area contributed by atoms with Crippen molar-refractivity contribution >= 4 is 11.9 Å². The second-order valence-corrected chi connectivity index (χ2v) is 5.36. The third kappa shape index (κ3) is 6.59. The smallest absolute Gasteiger partial charge is 0.326 e. The van der Waals surface area contributed by atoms with Crippen LogP contribution in [0.15, 0.2) is 0 Å². The van der Waals surface area contributed by atoms with Crippen LogP contribution in [-0.4, -0.2) is 36.2 Å². The van der Waals surface area contributed by atoms with Gasteiger partial charge in [0.2, 0.25) is 5.91 Å². The van der Waals surface area contributed by atoms with Gasteiger partial charge in [-0.05, 0) is 31.1 Å². The zero-order valence-electron chi connectivity index (χ0n) is 11.1. The molecule has 1 rings (SSSR count). The van der Waals surface area contributed by atoms with Gasteiger partial charge in [0.1, 0.15) is 6.04 Å². The number of amides is 1. The fourth-order valence-electron chi connectivity index (χ4n) is 1.66. The molecule has 2 N–H and O–H groups in total. The van der Waals surface area contributed by atoms with Gasteiger partial charge in [0.25, 0.3) is 0 Å². The van der Waals surface area contributed by atoms with E-state index >= 15 is 0 Å². The molecule has 1 atom stereocenters. The Kier molecular flexibility index (Phi) is 6.12. The Morgan fingerprint density at radius 1 is 1.39 bits per heavy atom. The molecule has 5 heteroatoms. The average Bonchev–Trinajstić information content (AvgIpc) is 3.06. The first-order chi connectivity index (χ1) is 8.49. The van der Waals surface area contributed by atoms with Crippen LogP contribution >= 0.6 is 0 Å². The van der Waals surface area contributed by atoms with Gasteiger partial charge in [-0.25, -0.2) is 4.79 Å². The van der Waals surface area contributed by atoms with Crippen molar-refractivity contribution in [2.45, 2.75) is 45.6 Å². The lowest BCUT2D eigenvalue weighted by atomic mass is 10.0. The van der Waals surface area contributed by atoms with E-state index in [1.165, 1.54) is 12.8 Å². The molecule has 0 saturated heterocycles. The first-order valence-corrected chi connectivity index (χ1v) is 6.59. The van der Waals surface area contributed by atoms with Crippen LogP contribution < -0.4 is 5.32 Å². The Labute approximate surface area is 108 Å². The van der Waals surface area contributed by atoms with Gasteiger partial charge >= 0.3 is 5.97 Å². The predicted molar refractivity (Wildman–Crippen MR) is 67.2 cm³/mol. The maximum atomic E-state index is 11.5. The van der Waals surface area contributed by atoms with Crippen molar-refractivity contribution in [1.82, 2.24) is 5.32 Å². The molecule has 0 heterocycles. The second kappa shape index (κ2) is 7.36. The van der Waals surface area contributed by atoms with Gasteiger partial charge in [-0.15, -0.1) is 0 Å². The fourth-order valence-corrected chi connectivity index (χ4v) is 1.66. The summed E-state index contributed by atoms with van der Waals surface area (Å²) < 4.78 is 5.34. The lowest BCUT2D eigenvalue weighted by Gasteiger charge is -2.16. The Morgan fingerprint density at radius 2 is 2.06 bits per heavy atom. The van der Waals surface area contributed by atoms with Gasteiger partial charge in [-0.1, -0.05) is 13.8 Å². The molecule has 0 aliphatic heterocycles. The third-order valence-electron chi connectivity index (χ3n) is 2.86. The number of carboxylic acid groups (broad SMARTS) is 1. The van der Waals surface area contributed by atoms with Crippen LogP contribution in [0.3, 0.4) is 0 Å². The fraction of sp³-hybridized carbons (Fsp3) is 0.846. The summed E-state index contributed by atoms with van der Waals surface area (Å²) in [5, 5.41) is 11.5. The van der Waals surface area contributed by atoms with E-state index in [9.17, 15) is 9.59 Å². The largest absolute Gasteiger partial charge is 0.480 e. The molecule has 0 radical (unpaired) electrons. The molecule has 0 bridgehead atoms. The van der Waals surface area contributed by atoms with Crippen molar-refractivity contribution < 1.29 is 19.4 Å². The highest BCUT2D eigenvalue weighted by Gasteiger charge is 2.22. The number of hydrogen-bond donors (Lipinski definition) is 2. The summed E-state index contributed by atoms with van der Waals surface area (Å²) in [6, 6.07) is -0.791. The van der Waals surface area contributed by atoms with E-state index in [2.05, 4.69) is 5.32 Å². The van der Waals surface area contributed by atoms with Crippen molar-refractivity contribution in [3.8, 4) is 0 Å². The number of aliphatic carboxylic acids is 1. The minimum atomic E-state index is -0.976. The molecule has 0 aromatic rings. The quantitative estimate of drug-likeness (QED) is 0.612. The van der Waals surface area contributed by atoms with E-state index in [-0.39, 0.29) is 18.2 Å². The van der Waals surface area contributed by atoms with Crippen LogP contribution in [-0.2, 0) is 14.3 Å². The molecule has 0 spiro atoms. The number of rotatable bonds is 9. The van der Waals surface area contributed by atoms with Crippen molar-refractivity contribution in [3.05, 3.63) is 0 Å². The Bertz CT molecular complexity index is 287. The summed E-state index contributed by atoms with van der Waals surface area (Å²) in [6.07, 6.45) is 3.13. The van der Waals surface area contributed by atoms with Gasteiger partial charge in [0, 0.05) is 13.0 Å². The van der Waals surface area contributed by atoms with Gasteiger partial charge in [-0.3, -0.25) is 4.79 Å². The first kappa shape index (κ1) is 15.0. The average molecular weight is 257 g/mol. The summed E-state index contributed by atoms with van der Waals surface area (Å²) in [4.78, 5) is 22.5. The summed E-state index contributed by atoms with van der Waals surface area (Å²) in [6.45, 7) is 4.96. The number of ether oxygens (including phenoxy) is 1. The second-order valence-electron chi connectivity index (χ2n) is 5.36. The molecule has 1 saturated carbocycles. The Morgan fingerprint density at radius 3 is 2.56 bits per heavy atom. The van der Waals surface area contributed by atoms with Crippen molar-refractivity contribution in [2.24, 2.45) is 11.8 Å². The molecule has 1 aliphatic carbocycles. The van der Waals surface area contributed by atoms with Crippen molar-refractivity contribution in [2.75, 3.05) is 13.2 Å². The molecule has 104 valence electrons. The van der Waals surface area contributed by atoms with Crippen LogP contribution in [0, 0.1) is 11.8 Å². The molecular formula is C13H23NO4. The number of nitrogens with one attached hydrogen (secondary N) is 1. The van der Waals surface area contributed by atoms with Crippen LogP contribution in [0.4, 0.5) is 0 Å². The highest BCUT2D eigenvalue weighted by Crippen LogP contribution is 2.28. The first-order valence-electron chi connectivity index (χ1n) is 6.59. The third-order valence-corrected chi connectivity index (χ3v) is 2.86. The molecule has 1 fully saturated rings. The molecular weight excluding hydrogens is 234 g/mol. The topological polar surface area (TPSA) is 75.6 Å². The van der Waals surface area contributed by atoms with E-state index in [0.717, 1.165) is 6.61 Å². The SMILES string of the molecule is CC(C)C[C@@H](NC(=O)CCOCC1CC1)C(=O)O. The van der Waals surface area contributed by atoms with Gasteiger partial charge in [-0.2, -0.15) is 0 Å². The maximum Gasteiger partial charge on any atom is 0.326 e. The van der Waals surface area contributed by atoms with E-state index < -0.39 is 12.0 Å².